The number of nitrogens with one attached hydrogen (secondary N) is 1. The van der Waals surface area contributed by atoms with Gasteiger partial charge in [-0.15, -0.1) is 0 Å². The molecule has 0 bridgehead atoms. The number of hydrogen-bond acceptors (Lipinski definition) is 5. The fourth-order valence-corrected chi connectivity index (χ4v) is 4.92. The third-order valence-corrected chi connectivity index (χ3v) is 6.71. The lowest BCUT2D eigenvalue weighted by Gasteiger charge is -2.51. The van der Waals surface area contributed by atoms with Crippen molar-refractivity contribution in [2.75, 3.05) is 53.0 Å². The van der Waals surface area contributed by atoms with E-state index in [1.807, 2.05) is 25.2 Å². The molecule has 2 aromatic carbocycles. The second-order valence-corrected chi connectivity index (χ2v) is 8.79. The fraction of sp³-hybridized carbons (Fsp3) is 0.458. The normalized spacial score (nSPS) is 21.7. The van der Waals surface area contributed by atoms with E-state index >= 15 is 0 Å². The Morgan fingerprint density at radius 3 is 2.74 bits per heavy atom. The lowest BCUT2D eigenvalue weighted by atomic mass is 9.89. The standard InChI is InChI=1S/C24H29N3O4/c1-26-23(29)25-14-24(26)15-27(16-24)12-18(28)13-31-22-7-6-19(17-8-10-30-11-9-17)20-4-2-3-5-21(20)22/h2-8,18,28H,9-16H2,1H3,(H,25,29). The number of benzene rings is 2. The number of β-amino-alcohol motifs (C(OH)–C–C–N with tert-alkyl or cyclic N) is 1. The molecule has 1 atom stereocenters. The molecule has 1 spiro atoms. The van der Waals surface area contributed by atoms with Crippen LogP contribution in [0, 0.1) is 0 Å². The maximum atomic E-state index is 11.7. The maximum absolute atomic E-state index is 11.7. The van der Waals surface area contributed by atoms with Gasteiger partial charge in [-0.1, -0.05) is 36.4 Å². The molecular weight excluding hydrogens is 394 g/mol. The molecule has 3 heterocycles. The van der Waals surface area contributed by atoms with Crippen LogP contribution in [0.2, 0.25) is 0 Å². The number of fused-ring (bicyclic) bond motifs is 1. The Labute approximate surface area is 182 Å². The third kappa shape index (κ3) is 3.78. The molecule has 1 unspecified atom stereocenters. The number of carbonyl (C=O) groups excluding carboxylic acids is 1. The van der Waals surface area contributed by atoms with Crippen LogP contribution in [0.15, 0.2) is 42.5 Å². The van der Waals surface area contributed by atoms with Gasteiger partial charge in [-0.2, -0.15) is 0 Å². The number of carbonyl (C=O) groups is 1. The number of urea groups is 1. The monoisotopic (exact) mass is 423 g/mol. The Hall–Kier alpha value is -2.61. The van der Waals surface area contributed by atoms with Crippen LogP contribution in [0.3, 0.4) is 0 Å². The van der Waals surface area contributed by atoms with Crippen LogP contribution in [0.4, 0.5) is 4.79 Å². The van der Waals surface area contributed by atoms with Crippen molar-refractivity contribution >= 4 is 22.4 Å². The molecule has 2 saturated heterocycles. The summed E-state index contributed by atoms with van der Waals surface area (Å²) >= 11 is 0. The molecule has 5 rings (SSSR count). The van der Waals surface area contributed by atoms with Gasteiger partial charge in [0, 0.05) is 38.6 Å². The molecule has 2 aromatic rings. The predicted molar refractivity (Wildman–Crippen MR) is 119 cm³/mol. The van der Waals surface area contributed by atoms with Crippen LogP contribution in [0.1, 0.15) is 12.0 Å². The van der Waals surface area contributed by atoms with Gasteiger partial charge in [-0.05, 0) is 29.0 Å². The van der Waals surface area contributed by atoms with E-state index in [2.05, 4.69) is 34.5 Å². The van der Waals surface area contributed by atoms with Gasteiger partial charge < -0.3 is 24.8 Å². The molecule has 2 fully saturated rings. The minimum absolute atomic E-state index is 0.0182. The van der Waals surface area contributed by atoms with Gasteiger partial charge in [-0.25, -0.2) is 4.79 Å². The van der Waals surface area contributed by atoms with Crippen LogP contribution in [0.25, 0.3) is 16.3 Å². The summed E-state index contributed by atoms with van der Waals surface area (Å²) in [6.07, 6.45) is 2.47. The van der Waals surface area contributed by atoms with Crippen molar-refractivity contribution in [2.45, 2.75) is 18.1 Å². The highest BCUT2D eigenvalue weighted by atomic mass is 16.5. The van der Waals surface area contributed by atoms with Gasteiger partial charge in [0.15, 0.2) is 0 Å². The van der Waals surface area contributed by atoms with Gasteiger partial charge in [0.25, 0.3) is 0 Å². The Balaban J connectivity index is 1.22. The van der Waals surface area contributed by atoms with Crippen LogP contribution in [0.5, 0.6) is 5.75 Å². The number of nitrogens with zero attached hydrogens (tertiary/aromatic N) is 2. The van der Waals surface area contributed by atoms with E-state index in [0.717, 1.165) is 42.6 Å². The summed E-state index contributed by atoms with van der Waals surface area (Å²) in [7, 11) is 1.84. The molecule has 31 heavy (non-hydrogen) atoms. The molecule has 0 radical (unpaired) electrons. The summed E-state index contributed by atoms with van der Waals surface area (Å²) in [4.78, 5) is 15.7. The van der Waals surface area contributed by atoms with Gasteiger partial charge in [0.2, 0.25) is 0 Å². The van der Waals surface area contributed by atoms with Gasteiger partial charge >= 0.3 is 6.03 Å². The molecule has 0 aromatic heterocycles. The van der Waals surface area contributed by atoms with Crippen molar-refractivity contribution in [1.82, 2.24) is 15.1 Å². The van der Waals surface area contributed by atoms with Crippen LogP contribution in [-0.2, 0) is 4.74 Å². The first-order chi connectivity index (χ1) is 15.1. The predicted octanol–water partition coefficient (Wildman–Crippen LogP) is 2.09. The molecule has 164 valence electrons. The summed E-state index contributed by atoms with van der Waals surface area (Å²) in [5.41, 5.74) is 2.41. The van der Waals surface area contributed by atoms with E-state index in [-0.39, 0.29) is 18.2 Å². The summed E-state index contributed by atoms with van der Waals surface area (Å²) in [6.45, 7) is 4.40. The SMILES string of the molecule is CN1C(=O)NCC12CN(CC(O)COc1ccc(C3=CCOCC3)c3ccccc13)C2. The minimum Gasteiger partial charge on any atom is -0.490 e. The van der Waals surface area contributed by atoms with E-state index < -0.39 is 6.10 Å². The first-order valence-corrected chi connectivity index (χ1v) is 10.9. The second kappa shape index (κ2) is 8.15. The first kappa shape index (κ1) is 20.3. The second-order valence-electron chi connectivity index (χ2n) is 8.79. The average Bonchev–Trinajstić information content (AvgIpc) is 3.07. The van der Waals surface area contributed by atoms with Gasteiger partial charge in [-0.3, -0.25) is 4.90 Å². The van der Waals surface area contributed by atoms with Crippen molar-refractivity contribution < 1.29 is 19.4 Å². The molecular formula is C24H29N3O4. The number of likely N-dealkylation sites (N-methyl/N-ethyl adjacent to an activating group) is 1. The summed E-state index contributed by atoms with van der Waals surface area (Å²) in [5.74, 6) is 0.788. The van der Waals surface area contributed by atoms with E-state index in [1.165, 1.54) is 11.1 Å². The zero-order valence-electron chi connectivity index (χ0n) is 17.8. The Bertz CT molecular complexity index is 1020. The van der Waals surface area contributed by atoms with Crippen molar-refractivity contribution in [3.63, 3.8) is 0 Å². The lowest BCUT2D eigenvalue weighted by Crippen LogP contribution is -2.69. The largest absolute Gasteiger partial charge is 0.490 e. The van der Waals surface area contributed by atoms with Crippen LogP contribution < -0.4 is 10.1 Å². The van der Waals surface area contributed by atoms with Crippen molar-refractivity contribution in [1.29, 1.82) is 0 Å². The van der Waals surface area contributed by atoms with E-state index in [0.29, 0.717) is 19.7 Å². The third-order valence-electron chi connectivity index (χ3n) is 6.71. The number of rotatable bonds is 6. The Morgan fingerprint density at radius 1 is 1.23 bits per heavy atom. The quantitative estimate of drug-likeness (QED) is 0.744. The lowest BCUT2D eigenvalue weighted by molar-refractivity contribution is -0.0296. The summed E-state index contributed by atoms with van der Waals surface area (Å²) < 4.78 is 11.5. The molecule has 2 N–H and O–H groups in total. The first-order valence-electron chi connectivity index (χ1n) is 10.9. The number of hydrogen-bond donors (Lipinski definition) is 2. The van der Waals surface area contributed by atoms with Crippen molar-refractivity contribution in [2.24, 2.45) is 0 Å². The summed E-state index contributed by atoms with van der Waals surface area (Å²) in [5, 5.41) is 15.6. The topological polar surface area (TPSA) is 74.3 Å². The van der Waals surface area contributed by atoms with E-state index in [4.69, 9.17) is 9.47 Å². The molecule has 0 saturated carbocycles. The summed E-state index contributed by atoms with van der Waals surface area (Å²) in [6, 6.07) is 12.3. The highest BCUT2D eigenvalue weighted by Gasteiger charge is 2.52. The van der Waals surface area contributed by atoms with Crippen molar-refractivity contribution in [3.8, 4) is 5.75 Å². The van der Waals surface area contributed by atoms with E-state index in [1.54, 1.807) is 4.90 Å². The Morgan fingerprint density at radius 2 is 2.03 bits per heavy atom. The average molecular weight is 424 g/mol. The molecule has 7 nitrogen and oxygen atoms in total. The number of amides is 2. The fourth-order valence-electron chi connectivity index (χ4n) is 4.92. The zero-order valence-corrected chi connectivity index (χ0v) is 17.8. The molecule has 2 amide bonds. The van der Waals surface area contributed by atoms with Gasteiger partial charge in [0.1, 0.15) is 18.5 Å². The van der Waals surface area contributed by atoms with Crippen molar-refractivity contribution in [3.05, 3.63) is 48.0 Å². The zero-order chi connectivity index (χ0) is 21.4. The number of likely N-dealkylation sites (tertiary alicyclic amines) is 1. The van der Waals surface area contributed by atoms with E-state index in [9.17, 15) is 9.90 Å². The molecule has 7 heteroatoms. The van der Waals surface area contributed by atoms with Crippen LogP contribution >= 0.6 is 0 Å². The molecule has 3 aliphatic rings. The number of aliphatic hydroxyl groups is 1. The number of aliphatic hydroxyl groups excluding tert-OH is 1. The smallest absolute Gasteiger partial charge is 0.317 e. The minimum atomic E-state index is -0.593. The Kier molecular flexibility index (Phi) is 5.33. The molecule has 0 aliphatic carbocycles. The maximum Gasteiger partial charge on any atom is 0.317 e. The molecule has 3 aliphatic heterocycles. The van der Waals surface area contributed by atoms with Gasteiger partial charge in [0.05, 0.1) is 18.8 Å². The number of ether oxygens (including phenoxy) is 2. The highest BCUT2D eigenvalue weighted by molar-refractivity contribution is 5.97. The highest BCUT2D eigenvalue weighted by Crippen LogP contribution is 2.34. The van der Waals surface area contributed by atoms with Crippen LogP contribution in [-0.4, -0.2) is 85.6 Å².